The zero-order chi connectivity index (χ0) is 11.7. The first-order valence-corrected chi connectivity index (χ1v) is 5.92. The summed E-state index contributed by atoms with van der Waals surface area (Å²) in [6.07, 6.45) is 0.340. The number of ether oxygens (including phenoxy) is 3. The SMILES string of the molecule is OC[C@H]1O[C@@H]1[C@@H]1O[C@H]1COCc1ccccc1. The van der Waals surface area contributed by atoms with Crippen molar-refractivity contribution in [1.82, 2.24) is 0 Å². The quantitative estimate of drug-likeness (QED) is 0.740. The largest absolute Gasteiger partial charge is 0.394 e. The van der Waals surface area contributed by atoms with Crippen LogP contribution >= 0.6 is 0 Å². The highest BCUT2D eigenvalue weighted by atomic mass is 16.7. The van der Waals surface area contributed by atoms with Crippen LogP contribution in [0.3, 0.4) is 0 Å². The summed E-state index contributed by atoms with van der Waals surface area (Å²) < 4.78 is 16.3. The maximum atomic E-state index is 8.85. The van der Waals surface area contributed by atoms with Gasteiger partial charge in [0.1, 0.15) is 24.4 Å². The van der Waals surface area contributed by atoms with E-state index in [1.807, 2.05) is 30.3 Å². The second-order valence-electron chi connectivity index (χ2n) is 4.46. The first kappa shape index (κ1) is 11.2. The van der Waals surface area contributed by atoms with Crippen molar-refractivity contribution >= 4 is 0 Å². The summed E-state index contributed by atoms with van der Waals surface area (Å²) in [7, 11) is 0. The molecule has 4 nitrogen and oxygen atoms in total. The molecule has 0 aliphatic carbocycles. The monoisotopic (exact) mass is 236 g/mol. The minimum absolute atomic E-state index is 0.0147. The second kappa shape index (κ2) is 4.74. The number of hydrogen-bond acceptors (Lipinski definition) is 4. The van der Waals surface area contributed by atoms with Crippen LogP contribution in [0.2, 0.25) is 0 Å². The van der Waals surface area contributed by atoms with Crippen molar-refractivity contribution in [3.8, 4) is 0 Å². The van der Waals surface area contributed by atoms with E-state index in [0.29, 0.717) is 13.2 Å². The predicted octanol–water partition coefficient (Wildman–Crippen LogP) is 0.730. The molecule has 17 heavy (non-hydrogen) atoms. The fourth-order valence-electron chi connectivity index (χ4n) is 2.04. The molecular formula is C13H16O4. The van der Waals surface area contributed by atoms with Crippen LogP contribution in [0, 0.1) is 0 Å². The maximum absolute atomic E-state index is 8.85. The van der Waals surface area contributed by atoms with Gasteiger partial charge in [-0.15, -0.1) is 0 Å². The zero-order valence-electron chi connectivity index (χ0n) is 9.49. The van der Waals surface area contributed by atoms with E-state index in [2.05, 4.69) is 0 Å². The molecule has 4 atom stereocenters. The summed E-state index contributed by atoms with van der Waals surface area (Å²) in [5, 5.41) is 8.85. The summed E-state index contributed by atoms with van der Waals surface area (Å²) >= 11 is 0. The lowest BCUT2D eigenvalue weighted by Gasteiger charge is -2.01. The highest BCUT2D eigenvalue weighted by Gasteiger charge is 2.56. The van der Waals surface area contributed by atoms with Crippen molar-refractivity contribution in [3.63, 3.8) is 0 Å². The Balaban J connectivity index is 1.34. The second-order valence-corrected chi connectivity index (χ2v) is 4.46. The Kier molecular flexibility index (Phi) is 3.11. The number of hydrogen-bond donors (Lipinski definition) is 1. The number of benzene rings is 1. The van der Waals surface area contributed by atoms with Gasteiger partial charge in [0, 0.05) is 0 Å². The van der Waals surface area contributed by atoms with Gasteiger partial charge in [-0.2, -0.15) is 0 Å². The summed E-state index contributed by atoms with van der Waals surface area (Å²) in [5.74, 6) is 0. The van der Waals surface area contributed by atoms with Gasteiger partial charge in [-0.05, 0) is 5.56 Å². The lowest BCUT2D eigenvalue weighted by molar-refractivity contribution is 0.104. The number of aliphatic hydroxyl groups excluding tert-OH is 1. The first-order valence-electron chi connectivity index (χ1n) is 5.92. The van der Waals surface area contributed by atoms with Crippen LogP contribution in [-0.2, 0) is 20.8 Å². The minimum Gasteiger partial charge on any atom is -0.394 e. The Bertz CT molecular complexity index is 367. The van der Waals surface area contributed by atoms with Gasteiger partial charge in [0.25, 0.3) is 0 Å². The van der Waals surface area contributed by atoms with E-state index in [1.165, 1.54) is 5.56 Å². The van der Waals surface area contributed by atoms with E-state index in [4.69, 9.17) is 19.3 Å². The van der Waals surface area contributed by atoms with Gasteiger partial charge in [0.2, 0.25) is 0 Å². The molecule has 0 aromatic heterocycles. The van der Waals surface area contributed by atoms with Gasteiger partial charge in [-0.1, -0.05) is 30.3 Å². The average molecular weight is 236 g/mol. The molecule has 0 radical (unpaired) electrons. The molecule has 0 spiro atoms. The number of epoxide rings is 2. The van der Waals surface area contributed by atoms with Crippen LogP contribution in [0.5, 0.6) is 0 Å². The smallest absolute Gasteiger partial charge is 0.115 e. The Morgan fingerprint density at radius 1 is 1.06 bits per heavy atom. The molecule has 4 heteroatoms. The van der Waals surface area contributed by atoms with Crippen LogP contribution in [-0.4, -0.2) is 42.7 Å². The molecule has 0 amide bonds. The van der Waals surface area contributed by atoms with Crippen LogP contribution in [0.25, 0.3) is 0 Å². The molecule has 2 fully saturated rings. The Labute approximate surface area is 100 Å². The standard InChI is InChI=1S/C13H16O4/c14-6-10-12(16-10)13-11(17-13)8-15-7-9-4-2-1-3-5-9/h1-5,10-14H,6-8H2/t10-,11+,12+,13-/m1/s1. The van der Waals surface area contributed by atoms with Crippen molar-refractivity contribution in [2.45, 2.75) is 31.0 Å². The summed E-state index contributed by atoms with van der Waals surface area (Å²) in [5.41, 5.74) is 1.17. The van der Waals surface area contributed by atoms with Crippen molar-refractivity contribution in [2.75, 3.05) is 13.2 Å². The molecule has 2 saturated heterocycles. The lowest BCUT2D eigenvalue weighted by atomic mass is 10.2. The van der Waals surface area contributed by atoms with Crippen LogP contribution in [0.15, 0.2) is 30.3 Å². The maximum Gasteiger partial charge on any atom is 0.115 e. The van der Waals surface area contributed by atoms with Gasteiger partial charge in [-0.25, -0.2) is 0 Å². The average Bonchev–Trinajstić information content (AvgIpc) is 3.24. The first-order chi connectivity index (χ1) is 8.38. The summed E-state index contributed by atoms with van der Waals surface area (Å²) in [6.45, 7) is 1.29. The minimum atomic E-state index is -0.0147. The normalized spacial score (nSPS) is 34.6. The fourth-order valence-corrected chi connectivity index (χ4v) is 2.04. The third kappa shape index (κ3) is 2.66. The molecule has 1 N–H and O–H groups in total. The van der Waals surface area contributed by atoms with E-state index in [9.17, 15) is 0 Å². The molecule has 1 aromatic carbocycles. The number of rotatable bonds is 6. The summed E-state index contributed by atoms with van der Waals surface area (Å²) in [6, 6.07) is 10.1. The highest BCUT2D eigenvalue weighted by Crippen LogP contribution is 2.38. The number of aliphatic hydroxyl groups is 1. The van der Waals surface area contributed by atoms with E-state index in [-0.39, 0.29) is 31.0 Å². The lowest BCUT2D eigenvalue weighted by Crippen LogP contribution is -2.11. The van der Waals surface area contributed by atoms with Gasteiger partial charge in [0.15, 0.2) is 0 Å². The van der Waals surface area contributed by atoms with Crippen molar-refractivity contribution < 1.29 is 19.3 Å². The molecule has 1 aromatic rings. The van der Waals surface area contributed by atoms with Crippen molar-refractivity contribution in [3.05, 3.63) is 35.9 Å². The molecule has 92 valence electrons. The Morgan fingerprint density at radius 3 is 2.47 bits per heavy atom. The molecule has 0 bridgehead atoms. The molecule has 0 unspecified atom stereocenters. The topological polar surface area (TPSA) is 54.5 Å². The van der Waals surface area contributed by atoms with Gasteiger partial charge in [-0.3, -0.25) is 0 Å². The summed E-state index contributed by atoms with van der Waals surface area (Å²) in [4.78, 5) is 0. The molecule has 0 saturated carbocycles. The van der Waals surface area contributed by atoms with E-state index >= 15 is 0 Å². The molecule has 3 rings (SSSR count). The predicted molar refractivity (Wildman–Crippen MR) is 60.5 cm³/mol. The van der Waals surface area contributed by atoms with E-state index in [0.717, 1.165) is 0 Å². The van der Waals surface area contributed by atoms with Gasteiger partial charge < -0.3 is 19.3 Å². The third-order valence-electron chi connectivity index (χ3n) is 3.14. The third-order valence-corrected chi connectivity index (χ3v) is 3.14. The highest BCUT2D eigenvalue weighted by molar-refractivity contribution is 5.13. The van der Waals surface area contributed by atoms with Crippen molar-refractivity contribution in [1.29, 1.82) is 0 Å². The van der Waals surface area contributed by atoms with Crippen LogP contribution in [0.4, 0.5) is 0 Å². The van der Waals surface area contributed by atoms with Crippen molar-refractivity contribution in [2.24, 2.45) is 0 Å². The fraction of sp³-hybridized carbons (Fsp3) is 0.538. The zero-order valence-corrected chi connectivity index (χ0v) is 9.49. The molecule has 2 aliphatic rings. The molecular weight excluding hydrogens is 220 g/mol. The molecule has 2 aliphatic heterocycles. The van der Waals surface area contributed by atoms with Crippen LogP contribution in [0.1, 0.15) is 5.56 Å². The van der Waals surface area contributed by atoms with E-state index < -0.39 is 0 Å². The van der Waals surface area contributed by atoms with Crippen LogP contribution < -0.4 is 0 Å². The van der Waals surface area contributed by atoms with Gasteiger partial charge in [0.05, 0.1) is 19.8 Å². The molecule has 2 heterocycles. The van der Waals surface area contributed by atoms with Gasteiger partial charge >= 0.3 is 0 Å². The van der Waals surface area contributed by atoms with E-state index in [1.54, 1.807) is 0 Å². The Hall–Kier alpha value is -0.940. The Morgan fingerprint density at radius 2 is 1.76 bits per heavy atom.